The molecule has 0 fully saturated rings. The first-order valence-electron chi connectivity index (χ1n) is 7.41. The summed E-state index contributed by atoms with van der Waals surface area (Å²) in [4.78, 5) is 6.83. The maximum absolute atomic E-state index is 5.99. The van der Waals surface area contributed by atoms with Crippen molar-refractivity contribution in [2.75, 3.05) is 13.1 Å². The largest absolute Gasteiger partial charge is 0.329 e. The van der Waals surface area contributed by atoms with Crippen molar-refractivity contribution in [3.8, 4) is 0 Å². The fourth-order valence-corrected chi connectivity index (χ4v) is 2.63. The lowest BCUT2D eigenvalue weighted by molar-refractivity contribution is 0.104. The van der Waals surface area contributed by atoms with Crippen molar-refractivity contribution in [2.45, 2.75) is 39.3 Å². The maximum atomic E-state index is 5.99. The van der Waals surface area contributed by atoms with Crippen molar-refractivity contribution in [1.82, 2.24) is 9.88 Å². The molecule has 0 aliphatic carbocycles. The predicted octanol–water partition coefficient (Wildman–Crippen LogP) is 3.18. The second-order valence-electron chi connectivity index (χ2n) is 5.60. The van der Waals surface area contributed by atoms with Gasteiger partial charge in [-0.15, -0.1) is 0 Å². The SMILES string of the molecule is CCN(Cc1ccc2ncccc2c1)C(C)(CC)CN. The summed E-state index contributed by atoms with van der Waals surface area (Å²) in [7, 11) is 0. The van der Waals surface area contributed by atoms with Crippen molar-refractivity contribution in [3.05, 3.63) is 42.1 Å². The number of benzene rings is 1. The van der Waals surface area contributed by atoms with Crippen LogP contribution in [0.5, 0.6) is 0 Å². The highest BCUT2D eigenvalue weighted by Gasteiger charge is 2.27. The summed E-state index contributed by atoms with van der Waals surface area (Å²) in [5.41, 5.74) is 8.43. The summed E-state index contributed by atoms with van der Waals surface area (Å²) in [5, 5.41) is 1.20. The molecule has 1 aromatic carbocycles. The first kappa shape index (κ1) is 14.9. The molecule has 0 aliphatic rings. The van der Waals surface area contributed by atoms with Crippen LogP contribution in [0.3, 0.4) is 0 Å². The van der Waals surface area contributed by atoms with Gasteiger partial charge in [-0.1, -0.05) is 26.0 Å². The minimum Gasteiger partial charge on any atom is -0.329 e. The van der Waals surface area contributed by atoms with Crippen LogP contribution in [-0.4, -0.2) is 28.5 Å². The van der Waals surface area contributed by atoms with E-state index in [0.29, 0.717) is 6.54 Å². The summed E-state index contributed by atoms with van der Waals surface area (Å²) in [6.07, 6.45) is 2.90. The molecule has 108 valence electrons. The average molecular weight is 271 g/mol. The van der Waals surface area contributed by atoms with Crippen molar-refractivity contribution < 1.29 is 0 Å². The fourth-order valence-electron chi connectivity index (χ4n) is 2.63. The van der Waals surface area contributed by atoms with Gasteiger partial charge in [0.2, 0.25) is 0 Å². The third-order valence-electron chi connectivity index (χ3n) is 4.39. The van der Waals surface area contributed by atoms with Crippen LogP contribution >= 0.6 is 0 Å². The quantitative estimate of drug-likeness (QED) is 0.877. The number of nitrogens with two attached hydrogens (primary N) is 1. The van der Waals surface area contributed by atoms with E-state index in [4.69, 9.17) is 5.73 Å². The van der Waals surface area contributed by atoms with Crippen molar-refractivity contribution in [3.63, 3.8) is 0 Å². The van der Waals surface area contributed by atoms with Gasteiger partial charge in [0.25, 0.3) is 0 Å². The molecule has 0 saturated carbocycles. The van der Waals surface area contributed by atoms with E-state index in [-0.39, 0.29) is 5.54 Å². The molecule has 0 saturated heterocycles. The van der Waals surface area contributed by atoms with Gasteiger partial charge in [0, 0.05) is 30.2 Å². The van der Waals surface area contributed by atoms with Crippen LogP contribution in [0.2, 0.25) is 0 Å². The summed E-state index contributed by atoms with van der Waals surface area (Å²) in [6, 6.07) is 10.6. The number of aromatic nitrogens is 1. The van der Waals surface area contributed by atoms with E-state index in [1.54, 1.807) is 0 Å². The Kier molecular flexibility index (Phi) is 4.73. The molecular formula is C17H25N3. The van der Waals surface area contributed by atoms with Gasteiger partial charge in [-0.3, -0.25) is 9.88 Å². The Morgan fingerprint density at radius 3 is 2.70 bits per heavy atom. The first-order chi connectivity index (χ1) is 9.62. The van der Waals surface area contributed by atoms with Gasteiger partial charge in [-0.25, -0.2) is 0 Å². The molecule has 1 unspecified atom stereocenters. The Morgan fingerprint density at radius 2 is 2.05 bits per heavy atom. The van der Waals surface area contributed by atoms with Crippen LogP contribution in [0.25, 0.3) is 10.9 Å². The standard InChI is InChI=1S/C17H25N3/c1-4-17(3,13-18)20(5-2)12-14-8-9-16-15(11-14)7-6-10-19-16/h6-11H,4-5,12-13,18H2,1-3H3. The number of hydrogen-bond donors (Lipinski definition) is 1. The number of hydrogen-bond acceptors (Lipinski definition) is 3. The lowest BCUT2D eigenvalue weighted by Gasteiger charge is -2.39. The van der Waals surface area contributed by atoms with Gasteiger partial charge in [0.15, 0.2) is 0 Å². The van der Waals surface area contributed by atoms with Gasteiger partial charge in [0.05, 0.1) is 5.52 Å². The Balaban J connectivity index is 2.25. The molecule has 0 amide bonds. The lowest BCUT2D eigenvalue weighted by Crippen LogP contribution is -2.50. The predicted molar refractivity (Wildman–Crippen MR) is 85.6 cm³/mol. The molecule has 1 heterocycles. The number of fused-ring (bicyclic) bond motifs is 1. The van der Waals surface area contributed by atoms with E-state index in [1.807, 2.05) is 12.3 Å². The van der Waals surface area contributed by atoms with Gasteiger partial charge in [-0.05, 0) is 43.7 Å². The highest BCUT2D eigenvalue weighted by atomic mass is 15.2. The monoisotopic (exact) mass is 271 g/mol. The van der Waals surface area contributed by atoms with Crippen LogP contribution in [0.1, 0.15) is 32.8 Å². The van der Waals surface area contributed by atoms with Gasteiger partial charge in [-0.2, -0.15) is 0 Å². The van der Waals surface area contributed by atoms with Crippen LogP contribution in [-0.2, 0) is 6.54 Å². The molecule has 3 nitrogen and oxygen atoms in total. The van der Waals surface area contributed by atoms with Crippen molar-refractivity contribution in [1.29, 1.82) is 0 Å². The van der Waals surface area contributed by atoms with Crippen molar-refractivity contribution >= 4 is 10.9 Å². The molecule has 3 heteroatoms. The summed E-state index contributed by atoms with van der Waals surface area (Å²) in [6.45, 7) is 9.28. The van der Waals surface area contributed by atoms with E-state index < -0.39 is 0 Å². The molecule has 1 atom stereocenters. The summed E-state index contributed by atoms with van der Waals surface area (Å²) < 4.78 is 0. The van der Waals surface area contributed by atoms with Crippen molar-refractivity contribution in [2.24, 2.45) is 5.73 Å². The zero-order valence-electron chi connectivity index (χ0n) is 12.8. The average Bonchev–Trinajstić information content (AvgIpc) is 2.51. The molecule has 2 N–H and O–H groups in total. The second-order valence-corrected chi connectivity index (χ2v) is 5.60. The van der Waals surface area contributed by atoms with Gasteiger partial charge in [0.1, 0.15) is 0 Å². The minimum absolute atomic E-state index is 0.0681. The van der Waals surface area contributed by atoms with E-state index >= 15 is 0 Å². The van der Waals surface area contributed by atoms with Gasteiger partial charge >= 0.3 is 0 Å². The molecular weight excluding hydrogens is 246 g/mol. The number of likely N-dealkylation sites (N-methyl/N-ethyl adjacent to an activating group) is 1. The number of rotatable bonds is 6. The topological polar surface area (TPSA) is 42.2 Å². The van der Waals surface area contributed by atoms with Crippen LogP contribution in [0.4, 0.5) is 0 Å². The molecule has 2 rings (SSSR count). The Hall–Kier alpha value is -1.45. The first-order valence-corrected chi connectivity index (χ1v) is 7.41. The Labute approximate surface area is 121 Å². The summed E-state index contributed by atoms with van der Waals surface area (Å²) in [5.74, 6) is 0. The molecule has 0 radical (unpaired) electrons. The lowest BCUT2D eigenvalue weighted by atomic mass is 9.95. The second kappa shape index (κ2) is 6.33. The highest BCUT2D eigenvalue weighted by molar-refractivity contribution is 5.78. The smallest absolute Gasteiger partial charge is 0.0702 e. The molecule has 20 heavy (non-hydrogen) atoms. The molecule has 2 aromatic rings. The van der Waals surface area contributed by atoms with E-state index in [0.717, 1.165) is 25.0 Å². The Morgan fingerprint density at radius 1 is 1.25 bits per heavy atom. The summed E-state index contributed by atoms with van der Waals surface area (Å²) >= 11 is 0. The third kappa shape index (κ3) is 3.00. The zero-order chi connectivity index (χ0) is 14.6. The van der Waals surface area contributed by atoms with E-state index in [2.05, 4.69) is 54.9 Å². The van der Waals surface area contributed by atoms with Crippen LogP contribution < -0.4 is 5.73 Å². The van der Waals surface area contributed by atoms with Crippen LogP contribution in [0, 0.1) is 0 Å². The molecule has 0 aliphatic heterocycles. The molecule has 0 bridgehead atoms. The number of nitrogens with zero attached hydrogens (tertiary/aromatic N) is 2. The Bertz CT molecular complexity index is 561. The minimum atomic E-state index is 0.0681. The number of pyridine rings is 1. The zero-order valence-corrected chi connectivity index (χ0v) is 12.8. The van der Waals surface area contributed by atoms with Crippen LogP contribution in [0.15, 0.2) is 36.5 Å². The van der Waals surface area contributed by atoms with E-state index in [9.17, 15) is 0 Å². The molecule has 1 aromatic heterocycles. The fraction of sp³-hybridized carbons (Fsp3) is 0.471. The van der Waals surface area contributed by atoms with Gasteiger partial charge < -0.3 is 5.73 Å². The highest BCUT2D eigenvalue weighted by Crippen LogP contribution is 2.22. The molecule has 0 spiro atoms. The van der Waals surface area contributed by atoms with E-state index in [1.165, 1.54) is 10.9 Å². The third-order valence-corrected chi connectivity index (χ3v) is 4.39. The normalized spacial score (nSPS) is 14.7. The maximum Gasteiger partial charge on any atom is 0.0702 e.